The van der Waals surface area contributed by atoms with Crippen LogP contribution in [-0.2, 0) is 10.7 Å². The first-order valence-corrected chi connectivity index (χ1v) is 18.2. The Morgan fingerprint density at radius 2 is 1.04 bits per heavy atom. The van der Waals surface area contributed by atoms with E-state index in [-0.39, 0.29) is 0 Å². The molecular weight excluding hydrogens is 456 g/mol. The van der Waals surface area contributed by atoms with Gasteiger partial charge >= 0.3 is 0 Å². The van der Waals surface area contributed by atoms with Crippen LogP contribution in [0.4, 0.5) is 0 Å². The van der Waals surface area contributed by atoms with E-state index in [1.54, 1.807) is 21.5 Å². The smallest absolute Gasteiger partial charge is 0.0810 e. The van der Waals surface area contributed by atoms with E-state index in [1.807, 2.05) is 0 Å². The van der Waals surface area contributed by atoms with Crippen molar-refractivity contribution >= 4 is 58.4 Å². The van der Waals surface area contributed by atoms with Crippen molar-refractivity contribution in [3.63, 3.8) is 0 Å². The normalized spacial score (nSPS) is 12.7. The molecule has 0 aromatic heterocycles. The van der Waals surface area contributed by atoms with Gasteiger partial charge in [-0.2, -0.15) is 0 Å². The molecule has 1 rings (SSSR count). The molecule has 0 atom stereocenters. The zero-order valence-electron chi connectivity index (χ0n) is 16.6. The van der Waals surface area contributed by atoms with Gasteiger partial charge in [-0.25, -0.2) is 0 Å². The van der Waals surface area contributed by atoms with Crippen LogP contribution >= 0.6 is 31.9 Å². The molecule has 0 saturated carbocycles. The first-order chi connectivity index (χ1) is 11.2. The molecule has 0 amide bonds. The summed E-state index contributed by atoms with van der Waals surface area (Å²) in [6.45, 7) is 14.8. The van der Waals surface area contributed by atoms with Crippen LogP contribution in [0.15, 0.2) is 12.1 Å². The Labute approximate surface area is 169 Å². The van der Waals surface area contributed by atoms with Crippen LogP contribution in [0.3, 0.4) is 0 Å². The Morgan fingerprint density at radius 1 is 0.708 bits per heavy atom. The molecule has 0 nitrogen and oxygen atoms in total. The van der Waals surface area contributed by atoms with Crippen molar-refractivity contribution in [1.82, 2.24) is 0 Å². The molecule has 1 aromatic carbocycles. The van der Waals surface area contributed by atoms with Crippen LogP contribution in [0.2, 0.25) is 38.3 Å². The molecule has 0 aliphatic carbocycles. The zero-order chi connectivity index (χ0) is 18.4. The summed E-state index contributed by atoms with van der Waals surface area (Å²) in [7, 11) is -2.71. The standard InChI is InChI=1S/C20H36Br2Si2/c1-7-9-11-23(3,4)19-13-18(16-22)20(14-17(19)15-21)24(5,6)12-10-8-2/h13-14H,7-12,15-16H2,1-6H3. The average molecular weight is 492 g/mol. The molecular formula is C20H36Br2Si2. The van der Waals surface area contributed by atoms with Gasteiger partial charge in [0, 0.05) is 10.7 Å². The third kappa shape index (κ3) is 5.82. The minimum Gasteiger partial charge on any atom is -0.0876 e. The Balaban J connectivity index is 3.37. The van der Waals surface area contributed by atoms with E-state index in [2.05, 4.69) is 84.0 Å². The van der Waals surface area contributed by atoms with Gasteiger partial charge in [0.2, 0.25) is 0 Å². The fourth-order valence-electron chi connectivity index (χ4n) is 3.68. The van der Waals surface area contributed by atoms with Crippen molar-refractivity contribution in [1.29, 1.82) is 0 Å². The molecule has 0 aliphatic rings. The predicted molar refractivity (Wildman–Crippen MR) is 125 cm³/mol. The van der Waals surface area contributed by atoms with Gasteiger partial charge in [0.15, 0.2) is 0 Å². The molecule has 4 heteroatoms. The molecule has 0 radical (unpaired) electrons. The SMILES string of the molecule is CCCC[Si](C)(C)c1cc(CBr)c([Si](C)(C)CCCC)cc1CBr. The number of hydrogen-bond donors (Lipinski definition) is 0. The van der Waals surface area contributed by atoms with Crippen LogP contribution in [0.25, 0.3) is 0 Å². The second-order valence-corrected chi connectivity index (χ2v) is 19.1. The highest BCUT2D eigenvalue weighted by atomic mass is 79.9. The Morgan fingerprint density at radius 3 is 1.29 bits per heavy atom. The van der Waals surface area contributed by atoms with Crippen LogP contribution in [-0.4, -0.2) is 16.1 Å². The lowest BCUT2D eigenvalue weighted by Crippen LogP contribution is -2.48. The Kier molecular flexibility index (Phi) is 9.51. The molecule has 0 bridgehead atoms. The van der Waals surface area contributed by atoms with Crippen LogP contribution < -0.4 is 10.4 Å². The Bertz CT molecular complexity index is 477. The lowest BCUT2D eigenvalue weighted by molar-refractivity contribution is 0.870. The molecule has 0 aliphatic heterocycles. The molecule has 0 unspecified atom stereocenters. The topological polar surface area (TPSA) is 0 Å². The van der Waals surface area contributed by atoms with E-state index in [0.29, 0.717) is 0 Å². The predicted octanol–water partition coefficient (Wildman–Crippen LogP) is 6.91. The van der Waals surface area contributed by atoms with Gasteiger partial charge in [0.25, 0.3) is 0 Å². The lowest BCUT2D eigenvalue weighted by Gasteiger charge is -2.31. The first-order valence-electron chi connectivity index (χ1n) is 9.52. The second kappa shape index (κ2) is 10.1. The number of halogens is 2. The first kappa shape index (κ1) is 22.7. The van der Waals surface area contributed by atoms with Gasteiger partial charge in [0.1, 0.15) is 0 Å². The van der Waals surface area contributed by atoms with Gasteiger partial charge in [-0.3, -0.25) is 0 Å². The van der Waals surface area contributed by atoms with Gasteiger partial charge in [-0.05, 0) is 11.1 Å². The van der Waals surface area contributed by atoms with E-state index >= 15 is 0 Å². The summed E-state index contributed by atoms with van der Waals surface area (Å²) in [6.07, 6.45) is 5.34. The third-order valence-corrected chi connectivity index (χ3v) is 13.6. The molecule has 1 aromatic rings. The highest BCUT2D eigenvalue weighted by molar-refractivity contribution is 9.08. The maximum Gasteiger partial charge on any atom is 0.0810 e. The summed E-state index contributed by atoms with van der Waals surface area (Å²) in [5.41, 5.74) is 3.14. The van der Waals surface area contributed by atoms with Crippen molar-refractivity contribution < 1.29 is 0 Å². The monoisotopic (exact) mass is 490 g/mol. The highest BCUT2D eigenvalue weighted by Crippen LogP contribution is 2.23. The highest BCUT2D eigenvalue weighted by Gasteiger charge is 2.30. The molecule has 138 valence electrons. The minimum atomic E-state index is -1.36. The third-order valence-electron chi connectivity index (χ3n) is 5.39. The van der Waals surface area contributed by atoms with Crippen molar-refractivity contribution in [2.45, 2.75) is 88.5 Å². The summed E-state index contributed by atoms with van der Waals surface area (Å²) in [5.74, 6) is 0. The number of unbranched alkanes of at least 4 members (excludes halogenated alkanes) is 2. The van der Waals surface area contributed by atoms with Gasteiger partial charge < -0.3 is 0 Å². The van der Waals surface area contributed by atoms with Crippen LogP contribution in [0.5, 0.6) is 0 Å². The summed E-state index contributed by atoms with van der Waals surface area (Å²) in [6, 6.07) is 7.98. The number of rotatable bonds is 10. The van der Waals surface area contributed by atoms with E-state index in [4.69, 9.17) is 0 Å². The largest absolute Gasteiger partial charge is 0.0876 e. The molecule has 0 spiro atoms. The molecule has 0 N–H and O–H groups in total. The number of benzene rings is 1. The summed E-state index contributed by atoms with van der Waals surface area (Å²) >= 11 is 7.59. The zero-order valence-corrected chi connectivity index (χ0v) is 21.7. The maximum atomic E-state index is 3.79. The van der Waals surface area contributed by atoms with Crippen molar-refractivity contribution in [3.8, 4) is 0 Å². The van der Waals surface area contributed by atoms with E-state index in [1.165, 1.54) is 37.8 Å². The van der Waals surface area contributed by atoms with Gasteiger partial charge in [0.05, 0.1) is 16.1 Å². The fourth-order valence-corrected chi connectivity index (χ4v) is 11.3. The van der Waals surface area contributed by atoms with Gasteiger partial charge in [-0.15, -0.1) is 0 Å². The molecule has 0 heterocycles. The second-order valence-electron chi connectivity index (χ2n) is 8.41. The van der Waals surface area contributed by atoms with Crippen molar-refractivity contribution in [3.05, 3.63) is 23.3 Å². The molecule has 0 fully saturated rings. The van der Waals surface area contributed by atoms with E-state index < -0.39 is 16.1 Å². The number of alkyl halides is 2. The van der Waals surface area contributed by atoms with Crippen LogP contribution in [0, 0.1) is 0 Å². The van der Waals surface area contributed by atoms with Crippen molar-refractivity contribution in [2.24, 2.45) is 0 Å². The minimum absolute atomic E-state index is 0.999. The maximum absolute atomic E-state index is 3.79. The number of hydrogen-bond acceptors (Lipinski definition) is 0. The lowest BCUT2D eigenvalue weighted by atomic mass is 10.2. The summed E-state index contributed by atoms with van der Waals surface area (Å²) in [4.78, 5) is 0. The van der Waals surface area contributed by atoms with E-state index in [9.17, 15) is 0 Å². The quantitative estimate of drug-likeness (QED) is 0.246. The van der Waals surface area contributed by atoms with E-state index in [0.717, 1.165) is 10.7 Å². The van der Waals surface area contributed by atoms with Crippen molar-refractivity contribution in [2.75, 3.05) is 0 Å². The van der Waals surface area contributed by atoms with Gasteiger partial charge in [-0.1, -0.05) is 132 Å². The fraction of sp³-hybridized carbons (Fsp3) is 0.700. The Hall–Kier alpha value is 0.614. The molecule has 0 saturated heterocycles. The average Bonchev–Trinajstić information content (AvgIpc) is 2.56. The van der Waals surface area contributed by atoms with Crippen LogP contribution in [0.1, 0.15) is 50.7 Å². The summed E-state index contributed by atoms with van der Waals surface area (Å²) in [5, 5.41) is 5.37. The molecule has 24 heavy (non-hydrogen) atoms. The summed E-state index contributed by atoms with van der Waals surface area (Å²) < 4.78 is 0.